The maximum atomic E-state index is 12.1. The van der Waals surface area contributed by atoms with Gasteiger partial charge in [0.15, 0.2) is 0 Å². The highest BCUT2D eigenvalue weighted by atomic mass is 32.2. The largest absolute Gasteiger partial charge is 0.390 e. The maximum absolute atomic E-state index is 12.1. The van der Waals surface area contributed by atoms with E-state index in [1.807, 2.05) is 13.8 Å². The Balaban J connectivity index is 3.01. The lowest BCUT2D eigenvalue weighted by atomic mass is 10.3. The molecule has 0 saturated carbocycles. The van der Waals surface area contributed by atoms with Crippen LogP contribution in [0.2, 0.25) is 0 Å². The molecule has 6 heteroatoms. The van der Waals surface area contributed by atoms with Crippen LogP contribution >= 0.6 is 0 Å². The number of aromatic nitrogens is 1. The van der Waals surface area contributed by atoms with Crippen LogP contribution in [0.25, 0.3) is 0 Å². The molecule has 0 fully saturated rings. The molecule has 5 nitrogen and oxygen atoms in total. The van der Waals surface area contributed by atoms with E-state index in [4.69, 9.17) is 5.11 Å². The first-order chi connectivity index (χ1) is 7.43. The van der Waals surface area contributed by atoms with Crippen LogP contribution in [0.3, 0.4) is 0 Å². The Kier molecular flexibility index (Phi) is 4.12. The minimum atomic E-state index is -3.45. The van der Waals surface area contributed by atoms with Gasteiger partial charge in [0.1, 0.15) is 0 Å². The summed E-state index contributed by atoms with van der Waals surface area (Å²) in [6.45, 7) is 3.60. The molecule has 1 rings (SSSR count). The molecule has 1 aromatic heterocycles. The Bertz CT molecular complexity index is 439. The molecule has 1 atom stereocenters. The molecule has 0 aliphatic heterocycles. The predicted octanol–water partition coefficient (Wildman–Crippen LogP) is 0.926. The molecule has 0 aliphatic carbocycles. The molecule has 0 saturated heterocycles. The van der Waals surface area contributed by atoms with E-state index >= 15 is 0 Å². The molecule has 92 valence electrons. The zero-order chi connectivity index (χ0) is 12.3. The fraction of sp³-hybridized carbons (Fsp3) is 0.600. The van der Waals surface area contributed by atoms with Crippen molar-refractivity contribution in [2.24, 2.45) is 0 Å². The molecule has 0 aliphatic rings. The van der Waals surface area contributed by atoms with E-state index in [0.717, 1.165) is 6.42 Å². The van der Waals surface area contributed by atoms with Crippen molar-refractivity contribution in [1.82, 2.24) is 9.29 Å². The number of H-pyrrole nitrogens is 1. The second-order valence-electron chi connectivity index (χ2n) is 3.80. The highest BCUT2D eigenvalue weighted by Gasteiger charge is 2.25. The topological polar surface area (TPSA) is 73.4 Å². The predicted molar refractivity (Wildman–Crippen MR) is 61.4 cm³/mol. The summed E-state index contributed by atoms with van der Waals surface area (Å²) in [5, 5.41) is 8.87. The van der Waals surface area contributed by atoms with Gasteiger partial charge in [-0.3, -0.25) is 0 Å². The number of nitrogens with zero attached hydrogens (tertiary/aromatic N) is 1. The summed E-state index contributed by atoms with van der Waals surface area (Å²) in [7, 11) is -1.88. The van der Waals surface area contributed by atoms with Gasteiger partial charge in [-0.2, -0.15) is 4.31 Å². The summed E-state index contributed by atoms with van der Waals surface area (Å²) >= 11 is 0. The van der Waals surface area contributed by atoms with Crippen molar-refractivity contribution in [1.29, 1.82) is 0 Å². The lowest BCUT2D eigenvalue weighted by Gasteiger charge is -2.22. The lowest BCUT2D eigenvalue weighted by Crippen LogP contribution is -2.34. The summed E-state index contributed by atoms with van der Waals surface area (Å²) in [6, 6.07) is 1.41. The number of hydrogen-bond donors (Lipinski definition) is 2. The summed E-state index contributed by atoms with van der Waals surface area (Å²) in [5.74, 6) is 0. The summed E-state index contributed by atoms with van der Waals surface area (Å²) < 4.78 is 25.5. The van der Waals surface area contributed by atoms with Crippen molar-refractivity contribution in [2.75, 3.05) is 7.05 Å². The van der Waals surface area contributed by atoms with Crippen LogP contribution in [0.5, 0.6) is 0 Å². The second kappa shape index (κ2) is 4.99. The van der Waals surface area contributed by atoms with Crippen LogP contribution in [-0.4, -0.2) is 35.9 Å². The van der Waals surface area contributed by atoms with Gasteiger partial charge in [-0.25, -0.2) is 8.42 Å². The van der Waals surface area contributed by atoms with Crippen molar-refractivity contribution in [3.63, 3.8) is 0 Å². The Morgan fingerprint density at radius 2 is 2.19 bits per heavy atom. The first kappa shape index (κ1) is 13.2. The third-order valence-electron chi connectivity index (χ3n) is 2.78. The lowest BCUT2D eigenvalue weighted by molar-refractivity contribution is 0.277. The van der Waals surface area contributed by atoms with Gasteiger partial charge in [0.25, 0.3) is 0 Å². The molecular formula is C10H18N2O3S. The molecule has 1 aromatic rings. The summed E-state index contributed by atoms with van der Waals surface area (Å²) in [5.41, 5.74) is 0.496. The van der Waals surface area contributed by atoms with Crippen LogP contribution in [0.1, 0.15) is 26.0 Å². The minimum absolute atomic E-state index is 0.0440. The molecule has 1 heterocycles. The van der Waals surface area contributed by atoms with E-state index in [0.29, 0.717) is 5.69 Å². The average molecular weight is 246 g/mol. The van der Waals surface area contributed by atoms with Gasteiger partial charge in [-0.15, -0.1) is 0 Å². The van der Waals surface area contributed by atoms with E-state index in [-0.39, 0.29) is 17.5 Å². The fourth-order valence-electron chi connectivity index (χ4n) is 1.32. The minimum Gasteiger partial charge on any atom is -0.390 e. The quantitative estimate of drug-likeness (QED) is 0.811. The summed E-state index contributed by atoms with van der Waals surface area (Å²) in [4.78, 5) is 2.91. The first-order valence-electron chi connectivity index (χ1n) is 5.19. The molecule has 1 unspecified atom stereocenters. The number of sulfonamides is 1. The number of aliphatic hydroxyl groups excluding tert-OH is 1. The third-order valence-corrected chi connectivity index (χ3v) is 4.72. The summed E-state index contributed by atoms with van der Waals surface area (Å²) in [6.07, 6.45) is 2.16. The van der Waals surface area contributed by atoms with Crippen molar-refractivity contribution in [3.05, 3.63) is 18.0 Å². The Morgan fingerprint density at radius 1 is 1.56 bits per heavy atom. The monoisotopic (exact) mass is 246 g/mol. The molecule has 0 spiro atoms. The van der Waals surface area contributed by atoms with Crippen molar-refractivity contribution in [2.45, 2.75) is 37.8 Å². The average Bonchev–Trinajstić information content (AvgIpc) is 2.75. The van der Waals surface area contributed by atoms with Crippen LogP contribution < -0.4 is 0 Å². The van der Waals surface area contributed by atoms with Gasteiger partial charge in [0.2, 0.25) is 10.0 Å². The van der Waals surface area contributed by atoms with Crippen LogP contribution in [-0.2, 0) is 16.6 Å². The SMILES string of the molecule is CCC(C)N(C)S(=O)(=O)c1c[nH]c(CO)c1. The number of aliphatic hydroxyl groups is 1. The van der Waals surface area contributed by atoms with Gasteiger partial charge < -0.3 is 10.1 Å². The molecule has 0 amide bonds. The first-order valence-corrected chi connectivity index (χ1v) is 6.63. The standard InChI is InChI=1S/C10H18N2O3S/c1-4-8(2)12(3)16(14,15)10-5-9(7-13)11-6-10/h5-6,8,11,13H,4,7H2,1-3H3. The fourth-order valence-corrected chi connectivity index (χ4v) is 2.77. The van der Waals surface area contributed by atoms with E-state index in [1.165, 1.54) is 16.6 Å². The van der Waals surface area contributed by atoms with Gasteiger partial charge in [0.05, 0.1) is 11.5 Å². The van der Waals surface area contributed by atoms with Crippen LogP contribution in [0, 0.1) is 0 Å². The highest BCUT2D eigenvalue weighted by Crippen LogP contribution is 2.18. The molecule has 2 N–H and O–H groups in total. The van der Waals surface area contributed by atoms with E-state index in [9.17, 15) is 8.42 Å². The Hall–Kier alpha value is -0.850. The molecular weight excluding hydrogens is 228 g/mol. The van der Waals surface area contributed by atoms with Crippen molar-refractivity contribution >= 4 is 10.0 Å². The molecule has 0 radical (unpaired) electrons. The van der Waals surface area contributed by atoms with Crippen molar-refractivity contribution < 1.29 is 13.5 Å². The second-order valence-corrected chi connectivity index (χ2v) is 5.79. The molecule has 0 aromatic carbocycles. The maximum Gasteiger partial charge on any atom is 0.244 e. The van der Waals surface area contributed by atoms with E-state index in [1.54, 1.807) is 7.05 Å². The van der Waals surface area contributed by atoms with Gasteiger partial charge in [-0.1, -0.05) is 6.92 Å². The smallest absolute Gasteiger partial charge is 0.244 e. The number of rotatable bonds is 5. The van der Waals surface area contributed by atoms with Gasteiger partial charge in [-0.05, 0) is 19.4 Å². The van der Waals surface area contributed by atoms with Gasteiger partial charge in [0, 0.05) is 25.0 Å². The molecule has 16 heavy (non-hydrogen) atoms. The van der Waals surface area contributed by atoms with E-state index < -0.39 is 10.0 Å². The van der Waals surface area contributed by atoms with Gasteiger partial charge >= 0.3 is 0 Å². The third kappa shape index (κ3) is 2.45. The normalized spacial score (nSPS) is 14.3. The number of aromatic amines is 1. The Labute approximate surface area is 96.1 Å². The molecule has 0 bridgehead atoms. The van der Waals surface area contributed by atoms with Crippen LogP contribution in [0.4, 0.5) is 0 Å². The van der Waals surface area contributed by atoms with Crippen LogP contribution in [0.15, 0.2) is 17.2 Å². The number of hydrogen-bond acceptors (Lipinski definition) is 3. The highest BCUT2D eigenvalue weighted by molar-refractivity contribution is 7.89. The van der Waals surface area contributed by atoms with Crippen molar-refractivity contribution in [3.8, 4) is 0 Å². The van der Waals surface area contributed by atoms with E-state index in [2.05, 4.69) is 4.98 Å². The zero-order valence-corrected chi connectivity index (χ0v) is 10.6. The number of nitrogens with one attached hydrogen (secondary N) is 1. The zero-order valence-electron chi connectivity index (χ0n) is 9.77. The Morgan fingerprint density at radius 3 is 2.62 bits per heavy atom.